The summed E-state index contributed by atoms with van der Waals surface area (Å²) in [6.07, 6.45) is 0.140. The molecule has 367 valence electrons. The SMILES string of the molecule is CN(C)C(=O)c1ccccc1-c1ccc2c(c1)C1(CC(c3ccccc3)O2)N=C(N)N(C)C1=O.CN(C)C(=O)c1ccccc1O[B]O.CN1C(=O)C2(CC(c3ccccc3)Oc3ccc(Br)cc32)N=C1N. The lowest BCUT2D eigenvalue weighted by molar-refractivity contribution is -0.133. The largest absolute Gasteiger partial charge is 0.569 e. The van der Waals surface area contributed by atoms with E-state index in [1.807, 2.05) is 115 Å². The van der Waals surface area contributed by atoms with Crippen LogP contribution in [0.3, 0.4) is 0 Å². The molecule has 0 aliphatic carbocycles. The van der Waals surface area contributed by atoms with Gasteiger partial charge in [0.1, 0.15) is 29.5 Å². The topological polar surface area (TPSA) is 206 Å². The minimum absolute atomic E-state index is 0.0950. The molecule has 0 fully saturated rings. The Hall–Kier alpha value is -7.96. The Kier molecular flexibility index (Phi) is 14.6. The number of fused-ring (bicyclic) bond motifs is 4. The van der Waals surface area contributed by atoms with Crippen molar-refractivity contribution in [3.05, 3.63) is 183 Å². The summed E-state index contributed by atoms with van der Waals surface area (Å²) in [4.78, 5) is 66.0. The van der Waals surface area contributed by atoms with Gasteiger partial charge in [0, 0.05) is 76.3 Å². The highest BCUT2D eigenvalue weighted by atomic mass is 79.9. The van der Waals surface area contributed by atoms with E-state index < -0.39 is 11.1 Å². The zero-order valence-corrected chi connectivity index (χ0v) is 42.1. The van der Waals surface area contributed by atoms with Crippen molar-refractivity contribution in [3.63, 3.8) is 0 Å². The Bertz CT molecular complexity index is 3100. The van der Waals surface area contributed by atoms with Crippen LogP contribution >= 0.6 is 15.9 Å². The fourth-order valence-corrected chi connectivity index (χ4v) is 9.49. The maximum Gasteiger partial charge on any atom is 0.569 e. The van der Waals surface area contributed by atoms with Gasteiger partial charge in [0.25, 0.3) is 23.6 Å². The number of hydrogen-bond acceptors (Lipinski definition) is 12. The molecular weight excluding hydrogens is 979 g/mol. The second-order valence-corrected chi connectivity index (χ2v) is 18.8. The van der Waals surface area contributed by atoms with Crippen molar-refractivity contribution < 1.29 is 38.3 Å². The molecule has 6 aromatic rings. The molecular formula is C54H53BBrN8O8. The van der Waals surface area contributed by atoms with E-state index in [2.05, 4.69) is 20.9 Å². The number of guanidine groups is 2. The Morgan fingerprint density at radius 3 is 1.58 bits per heavy atom. The smallest absolute Gasteiger partial charge is 0.537 e. The van der Waals surface area contributed by atoms with Crippen LogP contribution in [0.5, 0.6) is 17.2 Å². The van der Waals surface area contributed by atoms with Crippen LogP contribution in [0.15, 0.2) is 160 Å². The summed E-state index contributed by atoms with van der Waals surface area (Å²) >= 11 is 3.47. The average molecular weight is 1030 g/mol. The first kappa shape index (κ1) is 50.4. The van der Waals surface area contributed by atoms with Gasteiger partial charge >= 0.3 is 7.69 Å². The van der Waals surface area contributed by atoms with E-state index in [9.17, 15) is 19.2 Å². The molecule has 4 aliphatic heterocycles. The molecule has 0 aromatic heterocycles. The summed E-state index contributed by atoms with van der Waals surface area (Å²) < 4.78 is 18.2. The number of likely N-dealkylation sites (N-methyl/N-ethyl adjacent to an activating group) is 2. The molecule has 5 N–H and O–H groups in total. The molecule has 18 heteroatoms. The number of hydrogen-bond donors (Lipinski definition) is 3. The van der Waals surface area contributed by atoms with Crippen LogP contribution in [-0.4, -0.2) is 110 Å². The van der Waals surface area contributed by atoms with Crippen LogP contribution in [0.1, 0.15) is 68.0 Å². The van der Waals surface area contributed by atoms with Gasteiger partial charge in [-0.05, 0) is 70.8 Å². The van der Waals surface area contributed by atoms with Crippen molar-refractivity contribution >= 4 is 59.2 Å². The van der Waals surface area contributed by atoms with E-state index in [1.165, 1.54) is 14.7 Å². The fraction of sp³-hybridized carbons (Fsp3) is 0.222. The highest BCUT2D eigenvalue weighted by Crippen LogP contribution is 2.52. The second kappa shape index (κ2) is 20.8. The third kappa shape index (κ3) is 9.62. The second-order valence-electron chi connectivity index (χ2n) is 17.8. The quantitative estimate of drug-likeness (QED) is 0.143. The Morgan fingerprint density at radius 1 is 0.653 bits per heavy atom. The molecule has 4 atom stereocenters. The first-order valence-electron chi connectivity index (χ1n) is 22.9. The normalized spacial score (nSPS) is 20.3. The van der Waals surface area contributed by atoms with Crippen molar-refractivity contribution in [3.8, 4) is 28.4 Å². The molecule has 72 heavy (non-hydrogen) atoms. The van der Waals surface area contributed by atoms with Crippen LogP contribution in [0.25, 0.3) is 11.1 Å². The summed E-state index contributed by atoms with van der Waals surface area (Å²) in [5.41, 5.74) is 15.8. The van der Waals surface area contributed by atoms with Crippen LogP contribution in [0.4, 0.5) is 0 Å². The number of rotatable bonds is 7. The molecule has 4 amide bonds. The van der Waals surface area contributed by atoms with Crippen molar-refractivity contribution in [2.45, 2.75) is 36.1 Å². The van der Waals surface area contributed by atoms with Gasteiger partial charge in [0.15, 0.2) is 23.0 Å². The number of aliphatic imine (C=N–C) groups is 2. The zero-order chi connectivity index (χ0) is 51.5. The Labute approximate surface area is 426 Å². The van der Waals surface area contributed by atoms with Gasteiger partial charge in [-0.15, -0.1) is 0 Å². The van der Waals surface area contributed by atoms with Crippen LogP contribution in [0, 0.1) is 0 Å². The average Bonchev–Trinajstić information content (AvgIpc) is 3.74. The van der Waals surface area contributed by atoms with E-state index in [-0.39, 0.29) is 47.8 Å². The number of benzene rings is 6. The number of nitrogens with zero attached hydrogens (tertiary/aromatic N) is 6. The van der Waals surface area contributed by atoms with Crippen molar-refractivity contribution in [1.82, 2.24) is 19.6 Å². The number of ether oxygens (including phenoxy) is 2. The number of nitrogens with two attached hydrogens (primary N) is 2. The van der Waals surface area contributed by atoms with Gasteiger partial charge in [-0.2, -0.15) is 0 Å². The van der Waals surface area contributed by atoms with Crippen molar-refractivity contribution in [2.75, 3.05) is 42.3 Å². The standard InChI is InChI=1S/C27H26N4O3.C18H16BrN3O2.C9H11BNO3/c1-30(2)24(32)20-12-8-7-11-19(20)18-13-14-22-21(15-18)27(25(33)31(3)26(28)29-27)16-23(34-22)17-9-5-4-6-10-17;1-22-16(23)18(21-17(22)20)10-15(11-5-3-2-4-6-11)24-14-8-7-12(19)9-13(14)18;1-11(2)9(12)7-5-3-4-6-8(7)14-10-13/h4-15,23H,16H2,1-3H3,(H2,28,29);2-9,15H,10H2,1H3,(H2,20,21);3-6,13H,1-2H3. The van der Waals surface area contributed by atoms with E-state index in [0.29, 0.717) is 54.5 Å². The highest BCUT2D eigenvalue weighted by Gasteiger charge is 2.55. The number of amides is 4. The number of para-hydroxylation sites is 1. The Morgan fingerprint density at radius 2 is 1.10 bits per heavy atom. The zero-order valence-electron chi connectivity index (χ0n) is 40.5. The molecule has 4 aliphatic rings. The molecule has 4 unspecified atom stereocenters. The van der Waals surface area contributed by atoms with Gasteiger partial charge in [-0.25, -0.2) is 9.98 Å². The minimum atomic E-state index is -1.19. The molecule has 4 heterocycles. The maximum atomic E-state index is 13.6. The predicted molar refractivity (Wildman–Crippen MR) is 278 cm³/mol. The predicted octanol–water partition coefficient (Wildman–Crippen LogP) is 6.81. The summed E-state index contributed by atoms with van der Waals surface area (Å²) in [5, 5.41) is 8.49. The van der Waals surface area contributed by atoms with Crippen molar-refractivity contribution in [2.24, 2.45) is 21.5 Å². The third-order valence-corrected chi connectivity index (χ3v) is 13.3. The van der Waals surface area contributed by atoms with Gasteiger partial charge < -0.3 is 40.4 Å². The van der Waals surface area contributed by atoms with E-state index in [0.717, 1.165) is 32.3 Å². The van der Waals surface area contributed by atoms with Gasteiger partial charge in [0.2, 0.25) is 0 Å². The van der Waals surface area contributed by atoms with Crippen LogP contribution in [-0.2, 0) is 20.7 Å². The van der Waals surface area contributed by atoms with E-state index >= 15 is 0 Å². The molecule has 1 radical (unpaired) electrons. The first-order chi connectivity index (χ1) is 34.5. The highest BCUT2D eigenvalue weighted by molar-refractivity contribution is 9.10. The van der Waals surface area contributed by atoms with Crippen molar-refractivity contribution in [1.29, 1.82) is 0 Å². The number of carbonyl (C=O) groups excluding carboxylic acids is 4. The van der Waals surface area contributed by atoms with Gasteiger partial charge in [0.05, 0.1) is 5.56 Å². The maximum absolute atomic E-state index is 13.6. The summed E-state index contributed by atoms with van der Waals surface area (Å²) in [7, 11) is 10.6. The lowest BCUT2D eigenvalue weighted by Crippen LogP contribution is -2.43. The molecule has 0 saturated heterocycles. The number of carbonyl (C=O) groups is 4. The summed E-state index contributed by atoms with van der Waals surface area (Å²) in [6, 6.07) is 45.2. The third-order valence-electron chi connectivity index (χ3n) is 12.8. The van der Waals surface area contributed by atoms with E-state index in [4.69, 9.17) is 35.6 Å². The summed E-state index contributed by atoms with van der Waals surface area (Å²) in [6.45, 7) is 0. The number of halogens is 1. The first-order valence-corrected chi connectivity index (χ1v) is 23.7. The molecule has 10 rings (SSSR count). The van der Waals surface area contributed by atoms with Crippen LogP contribution in [0.2, 0.25) is 0 Å². The van der Waals surface area contributed by atoms with E-state index in [1.54, 1.807) is 77.5 Å². The lowest BCUT2D eigenvalue weighted by Gasteiger charge is -2.37. The minimum Gasteiger partial charge on any atom is -0.537 e. The van der Waals surface area contributed by atoms with Gasteiger partial charge in [-0.3, -0.25) is 29.0 Å². The molecule has 6 aromatic carbocycles. The monoisotopic (exact) mass is 1030 g/mol. The summed E-state index contributed by atoms with van der Waals surface area (Å²) in [5.74, 6) is 1.43. The molecule has 0 bridgehead atoms. The Balaban J connectivity index is 0.000000158. The fourth-order valence-electron chi connectivity index (χ4n) is 9.13. The van der Waals surface area contributed by atoms with Crippen LogP contribution < -0.4 is 25.6 Å². The lowest BCUT2D eigenvalue weighted by atomic mass is 9.79. The molecule has 2 spiro atoms. The molecule has 16 nitrogen and oxygen atoms in total. The van der Waals surface area contributed by atoms with Gasteiger partial charge in [-0.1, -0.05) is 113 Å². The molecule has 0 saturated carbocycles.